The summed E-state index contributed by atoms with van der Waals surface area (Å²) in [5.41, 5.74) is 6.74. The fourth-order valence-corrected chi connectivity index (χ4v) is 3.86. The van der Waals surface area contributed by atoms with Crippen LogP contribution in [0.15, 0.2) is 28.1 Å². The molecule has 8 heteroatoms. The number of nitrogens with two attached hydrogens (primary N) is 1. The van der Waals surface area contributed by atoms with Gasteiger partial charge in [0.15, 0.2) is 9.84 Å². The first-order valence-electron chi connectivity index (χ1n) is 5.61. The van der Waals surface area contributed by atoms with Crippen LogP contribution in [0.3, 0.4) is 0 Å². The van der Waals surface area contributed by atoms with Gasteiger partial charge >= 0.3 is 0 Å². The molecule has 0 amide bonds. The van der Waals surface area contributed by atoms with Gasteiger partial charge in [-0.3, -0.25) is 4.68 Å². The summed E-state index contributed by atoms with van der Waals surface area (Å²) in [5.74, 6) is -0.237. The van der Waals surface area contributed by atoms with Crippen molar-refractivity contribution in [1.29, 1.82) is 0 Å². The van der Waals surface area contributed by atoms with Gasteiger partial charge < -0.3 is 5.73 Å². The maximum Gasteiger partial charge on any atom is 0.176 e. The number of hydrogen-bond donors (Lipinski definition) is 1. The number of benzene rings is 1. The van der Waals surface area contributed by atoms with E-state index in [1.54, 1.807) is 13.3 Å². The van der Waals surface area contributed by atoms with Crippen LogP contribution in [0, 0.1) is 5.82 Å². The van der Waals surface area contributed by atoms with Crippen molar-refractivity contribution in [2.75, 3.05) is 18.2 Å². The largest absolute Gasteiger partial charge is 0.383 e. The summed E-state index contributed by atoms with van der Waals surface area (Å²) in [5, 5.41) is 3.97. The highest BCUT2D eigenvalue weighted by Crippen LogP contribution is 2.34. The molecule has 0 unspecified atom stereocenters. The molecule has 2 aromatic rings. The monoisotopic (exact) mass is 315 g/mol. The summed E-state index contributed by atoms with van der Waals surface area (Å²) in [7, 11) is -1.88. The van der Waals surface area contributed by atoms with Crippen LogP contribution < -0.4 is 5.73 Å². The lowest BCUT2D eigenvalue weighted by molar-refractivity contribution is 0.578. The molecule has 5 nitrogen and oxygen atoms in total. The molecular formula is C12H14FN3O2S2. The van der Waals surface area contributed by atoms with Gasteiger partial charge in [0.25, 0.3) is 0 Å². The van der Waals surface area contributed by atoms with Gasteiger partial charge in [0.1, 0.15) is 11.6 Å². The van der Waals surface area contributed by atoms with Gasteiger partial charge in [0.05, 0.1) is 16.0 Å². The zero-order valence-corrected chi connectivity index (χ0v) is 12.8. The molecule has 1 aromatic carbocycles. The second-order valence-corrected chi connectivity index (χ2v) is 7.13. The molecule has 20 heavy (non-hydrogen) atoms. The quantitative estimate of drug-likeness (QED) is 0.876. The van der Waals surface area contributed by atoms with Crippen LogP contribution in [-0.2, 0) is 16.9 Å². The van der Waals surface area contributed by atoms with Crippen LogP contribution in [0.5, 0.6) is 0 Å². The summed E-state index contributed by atoms with van der Waals surface area (Å²) < 4.78 is 39.2. The normalized spacial score (nSPS) is 11.8. The molecule has 0 fully saturated rings. The van der Waals surface area contributed by atoms with E-state index in [9.17, 15) is 12.8 Å². The SMILES string of the molecule is CSc1c(F)cc(-c2cnn(C)c2N)cc1S(C)(=O)=O. The molecule has 1 aromatic heterocycles. The Bertz CT molecular complexity index is 769. The molecular weight excluding hydrogens is 301 g/mol. The van der Waals surface area contributed by atoms with E-state index in [2.05, 4.69) is 5.10 Å². The second-order valence-electron chi connectivity index (χ2n) is 4.33. The number of rotatable bonds is 3. The summed E-state index contributed by atoms with van der Waals surface area (Å²) in [6.07, 6.45) is 4.16. The van der Waals surface area contributed by atoms with Gasteiger partial charge in [-0.1, -0.05) is 0 Å². The molecule has 0 radical (unpaired) electrons. The Morgan fingerprint density at radius 2 is 2.05 bits per heavy atom. The van der Waals surface area contributed by atoms with Crippen LogP contribution >= 0.6 is 11.8 Å². The number of aryl methyl sites for hydroxylation is 1. The molecule has 0 aliphatic carbocycles. The Kier molecular flexibility index (Phi) is 3.79. The van der Waals surface area contributed by atoms with E-state index < -0.39 is 15.7 Å². The van der Waals surface area contributed by atoms with Gasteiger partial charge in [-0.2, -0.15) is 5.10 Å². The molecule has 0 spiro atoms. The number of aromatic nitrogens is 2. The number of nitrogens with zero attached hydrogens (tertiary/aromatic N) is 2. The zero-order chi connectivity index (χ0) is 15.1. The minimum absolute atomic E-state index is 0.0387. The Labute approximate surface area is 120 Å². The van der Waals surface area contributed by atoms with Crippen molar-refractivity contribution in [2.24, 2.45) is 7.05 Å². The van der Waals surface area contributed by atoms with E-state index in [1.807, 2.05) is 0 Å². The smallest absolute Gasteiger partial charge is 0.176 e. The van der Waals surface area contributed by atoms with Crippen molar-refractivity contribution in [3.63, 3.8) is 0 Å². The first-order chi connectivity index (χ1) is 9.25. The van der Waals surface area contributed by atoms with Gasteiger partial charge in [-0.15, -0.1) is 11.8 Å². The number of anilines is 1. The minimum Gasteiger partial charge on any atom is -0.383 e. The number of hydrogen-bond acceptors (Lipinski definition) is 5. The molecule has 0 aliphatic rings. The topological polar surface area (TPSA) is 78.0 Å². The highest BCUT2D eigenvalue weighted by Gasteiger charge is 2.20. The Morgan fingerprint density at radius 3 is 2.50 bits per heavy atom. The van der Waals surface area contributed by atoms with E-state index in [0.29, 0.717) is 16.9 Å². The third-order valence-electron chi connectivity index (χ3n) is 2.91. The van der Waals surface area contributed by atoms with E-state index in [0.717, 1.165) is 18.0 Å². The Hall–Kier alpha value is -1.54. The number of sulfone groups is 1. The molecule has 0 saturated carbocycles. The highest BCUT2D eigenvalue weighted by molar-refractivity contribution is 7.99. The maximum atomic E-state index is 14.1. The molecule has 108 valence electrons. The number of thioether (sulfide) groups is 1. The molecule has 0 aliphatic heterocycles. The average molecular weight is 315 g/mol. The second kappa shape index (κ2) is 5.10. The molecule has 1 heterocycles. The summed E-state index contributed by atoms with van der Waals surface area (Å²) in [6.45, 7) is 0. The summed E-state index contributed by atoms with van der Waals surface area (Å²) in [6, 6.07) is 2.70. The van der Waals surface area contributed by atoms with Gasteiger partial charge in [-0.05, 0) is 24.0 Å². The lowest BCUT2D eigenvalue weighted by atomic mass is 10.1. The van der Waals surface area contributed by atoms with Crippen LogP contribution in [-0.4, -0.2) is 30.7 Å². The number of nitrogen functional groups attached to an aromatic ring is 1. The minimum atomic E-state index is -3.53. The fourth-order valence-electron chi connectivity index (χ4n) is 1.87. The van der Waals surface area contributed by atoms with Crippen LogP contribution in [0.4, 0.5) is 10.2 Å². The maximum absolute atomic E-state index is 14.1. The van der Waals surface area contributed by atoms with Crippen molar-refractivity contribution in [1.82, 2.24) is 9.78 Å². The predicted octanol–water partition coefficient (Wildman–Crippen LogP) is 1.93. The fraction of sp³-hybridized carbons (Fsp3) is 0.250. The average Bonchev–Trinajstić information content (AvgIpc) is 2.68. The molecule has 0 atom stereocenters. The first-order valence-corrected chi connectivity index (χ1v) is 8.72. The standard InChI is InChI=1S/C12H14FN3O2S2/c1-16-12(14)8(6-15-16)7-4-9(13)11(19-2)10(5-7)20(3,17)18/h4-6H,14H2,1-3H3. The van der Waals surface area contributed by atoms with E-state index in [-0.39, 0.29) is 9.79 Å². The predicted molar refractivity (Wildman–Crippen MR) is 77.9 cm³/mol. The van der Waals surface area contributed by atoms with Gasteiger partial charge in [0.2, 0.25) is 0 Å². The van der Waals surface area contributed by atoms with Crippen molar-refractivity contribution >= 4 is 27.4 Å². The molecule has 0 saturated heterocycles. The van der Waals surface area contributed by atoms with E-state index in [4.69, 9.17) is 5.73 Å². The van der Waals surface area contributed by atoms with Gasteiger partial charge in [-0.25, -0.2) is 12.8 Å². The van der Waals surface area contributed by atoms with Crippen molar-refractivity contribution in [2.45, 2.75) is 9.79 Å². The van der Waals surface area contributed by atoms with E-state index >= 15 is 0 Å². The van der Waals surface area contributed by atoms with Crippen LogP contribution in [0.25, 0.3) is 11.1 Å². The molecule has 2 N–H and O–H groups in total. The van der Waals surface area contributed by atoms with Gasteiger partial charge in [0, 0.05) is 18.9 Å². The third kappa shape index (κ3) is 2.53. The molecule has 2 rings (SSSR count). The zero-order valence-electron chi connectivity index (χ0n) is 11.2. The van der Waals surface area contributed by atoms with Crippen molar-refractivity contribution in [3.8, 4) is 11.1 Å². The van der Waals surface area contributed by atoms with Crippen molar-refractivity contribution in [3.05, 3.63) is 24.1 Å². The number of halogens is 1. The van der Waals surface area contributed by atoms with Crippen LogP contribution in [0.1, 0.15) is 0 Å². The highest BCUT2D eigenvalue weighted by atomic mass is 32.2. The Balaban J connectivity index is 2.75. The van der Waals surface area contributed by atoms with Crippen molar-refractivity contribution < 1.29 is 12.8 Å². The van der Waals surface area contributed by atoms with Crippen LogP contribution in [0.2, 0.25) is 0 Å². The third-order valence-corrected chi connectivity index (χ3v) is 4.98. The lowest BCUT2D eigenvalue weighted by Crippen LogP contribution is -2.03. The molecule has 0 bridgehead atoms. The lowest BCUT2D eigenvalue weighted by Gasteiger charge is -2.10. The Morgan fingerprint density at radius 1 is 1.40 bits per heavy atom. The first kappa shape index (κ1) is 14.9. The summed E-state index contributed by atoms with van der Waals surface area (Å²) >= 11 is 1.06. The summed E-state index contributed by atoms with van der Waals surface area (Å²) in [4.78, 5) is 0.0713. The van der Waals surface area contributed by atoms with E-state index in [1.165, 1.54) is 23.0 Å².